The summed E-state index contributed by atoms with van der Waals surface area (Å²) in [6.45, 7) is 9.60. The van der Waals surface area contributed by atoms with Crippen LogP contribution < -0.4 is 5.32 Å². The predicted octanol–water partition coefficient (Wildman–Crippen LogP) is 2.36. The van der Waals surface area contributed by atoms with Crippen LogP contribution in [0.1, 0.15) is 38.2 Å². The summed E-state index contributed by atoms with van der Waals surface area (Å²) in [6.07, 6.45) is 2.96. The molecule has 100 valence electrons. The molecular weight excluding hydrogens is 230 g/mol. The first kappa shape index (κ1) is 14.4. The van der Waals surface area contributed by atoms with Gasteiger partial charge in [0.15, 0.2) is 5.69 Å². The minimum atomic E-state index is -0.475. The standard InChI is InChI=1S/C13H21N3O2/c1-9(13(2,3)4)6-15-11-8-14-10(7-16-11)12(17)18-5/h7-9H,6H2,1-5H3,(H,15,16). The van der Waals surface area contributed by atoms with Crippen molar-refractivity contribution >= 4 is 11.8 Å². The number of rotatable bonds is 4. The van der Waals surface area contributed by atoms with E-state index >= 15 is 0 Å². The molecule has 0 saturated heterocycles. The molecule has 1 aromatic rings. The van der Waals surface area contributed by atoms with Gasteiger partial charge in [-0.2, -0.15) is 0 Å². The van der Waals surface area contributed by atoms with E-state index in [1.54, 1.807) is 6.20 Å². The molecule has 5 heteroatoms. The van der Waals surface area contributed by atoms with Gasteiger partial charge in [0.25, 0.3) is 0 Å². The van der Waals surface area contributed by atoms with Crippen molar-refractivity contribution in [3.63, 3.8) is 0 Å². The molecule has 1 atom stereocenters. The van der Waals surface area contributed by atoms with Gasteiger partial charge in [0.1, 0.15) is 5.82 Å². The highest BCUT2D eigenvalue weighted by Gasteiger charge is 2.19. The van der Waals surface area contributed by atoms with Crippen LogP contribution in [0.5, 0.6) is 0 Å². The maximum absolute atomic E-state index is 11.2. The normalized spacial score (nSPS) is 12.9. The number of carbonyl (C=O) groups is 1. The zero-order chi connectivity index (χ0) is 13.8. The minimum absolute atomic E-state index is 0.215. The first-order valence-electron chi connectivity index (χ1n) is 5.99. The number of nitrogens with zero attached hydrogens (tertiary/aromatic N) is 2. The Balaban J connectivity index is 2.57. The van der Waals surface area contributed by atoms with E-state index in [0.29, 0.717) is 11.7 Å². The lowest BCUT2D eigenvalue weighted by Crippen LogP contribution is -2.25. The third-order valence-electron chi connectivity index (χ3n) is 3.11. The molecule has 0 aromatic carbocycles. The van der Waals surface area contributed by atoms with Gasteiger partial charge < -0.3 is 10.1 Å². The number of carbonyl (C=O) groups excluding carboxylic acids is 1. The maximum Gasteiger partial charge on any atom is 0.358 e. The second-order valence-corrected chi connectivity index (χ2v) is 5.43. The van der Waals surface area contributed by atoms with E-state index in [0.717, 1.165) is 6.54 Å². The molecule has 0 radical (unpaired) electrons. The first-order valence-corrected chi connectivity index (χ1v) is 5.99. The molecular formula is C13H21N3O2. The van der Waals surface area contributed by atoms with Crippen molar-refractivity contribution in [2.75, 3.05) is 19.0 Å². The molecule has 5 nitrogen and oxygen atoms in total. The van der Waals surface area contributed by atoms with E-state index in [1.165, 1.54) is 13.3 Å². The van der Waals surface area contributed by atoms with Gasteiger partial charge in [-0.3, -0.25) is 0 Å². The number of nitrogens with one attached hydrogen (secondary N) is 1. The molecule has 0 amide bonds. The Kier molecular flexibility index (Phi) is 4.64. The summed E-state index contributed by atoms with van der Waals surface area (Å²) in [5, 5.41) is 3.21. The molecule has 1 unspecified atom stereocenters. The van der Waals surface area contributed by atoms with E-state index in [2.05, 4.69) is 47.7 Å². The number of anilines is 1. The molecule has 1 N–H and O–H groups in total. The number of aromatic nitrogens is 2. The van der Waals surface area contributed by atoms with Crippen LogP contribution in [0.15, 0.2) is 12.4 Å². The Hall–Kier alpha value is -1.65. The average Bonchev–Trinajstić information content (AvgIpc) is 2.34. The SMILES string of the molecule is COC(=O)c1cnc(NCC(C)C(C)(C)C)cn1. The third-order valence-corrected chi connectivity index (χ3v) is 3.11. The van der Waals surface area contributed by atoms with Crippen molar-refractivity contribution in [1.82, 2.24) is 9.97 Å². The monoisotopic (exact) mass is 251 g/mol. The molecule has 0 fully saturated rings. The second kappa shape index (κ2) is 5.80. The topological polar surface area (TPSA) is 64.1 Å². The Labute approximate surface area is 108 Å². The largest absolute Gasteiger partial charge is 0.464 e. The van der Waals surface area contributed by atoms with Crippen LogP contribution in [0.2, 0.25) is 0 Å². The summed E-state index contributed by atoms with van der Waals surface area (Å²) < 4.78 is 4.56. The number of methoxy groups -OCH3 is 1. The van der Waals surface area contributed by atoms with Crippen LogP contribution >= 0.6 is 0 Å². The number of hydrogen-bond acceptors (Lipinski definition) is 5. The number of esters is 1. The lowest BCUT2D eigenvalue weighted by Gasteiger charge is -2.27. The van der Waals surface area contributed by atoms with Crippen molar-refractivity contribution in [1.29, 1.82) is 0 Å². The van der Waals surface area contributed by atoms with Crippen molar-refractivity contribution in [3.05, 3.63) is 18.1 Å². The molecule has 0 saturated carbocycles. The highest BCUT2D eigenvalue weighted by atomic mass is 16.5. The lowest BCUT2D eigenvalue weighted by molar-refractivity contribution is 0.0593. The number of ether oxygens (including phenoxy) is 1. The fourth-order valence-electron chi connectivity index (χ4n) is 1.19. The molecule has 1 rings (SSSR count). The van der Waals surface area contributed by atoms with Crippen LogP contribution in [0, 0.1) is 11.3 Å². The predicted molar refractivity (Wildman–Crippen MR) is 70.5 cm³/mol. The fourth-order valence-corrected chi connectivity index (χ4v) is 1.19. The van der Waals surface area contributed by atoms with Crippen LogP contribution in [0.4, 0.5) is 5.82 Å². The highest BCUT2D eigenvalue weighted by Crippen LogP contribution is 2.25. The maximum atomic E-state index is 11.2. The van der Waals surface area contributed by atoms with Crippen molar-refractivity contribution in [2.45, 2.75) is 27.7 Å². The molecule has 0 aliphatic rings. The van der Waals surface area contributed by atoms with E-state index in [1.807, 2.05) is 0 Å². The van der Waals surface area contributed by atoms with Gasteiger partial charge in [-0.15, -0.1) is 0 Å². The van der Waals surface area contributed by atoms with E-state index < -0.39 is 5.97 Å². The lowest BCUT2D eigenvalue weighted by atomic mass is 9.82. The Morgan fingerprint density at radius 1 is 1.39 bits per heavy atom. The van der Waals surface area contributed by atoms with Gasteiger partial charge in [-0.25, -0.2) is 14.8 Å². The van der Waals surface area contributed by atoms with E-state index in [9.17, 15) is 4.79 Å². The zero-order valence-electron chi connectivity index (χ0n) is 11.7. The average molecular weight is 251 g/mol. The van der Waals surface area contributed by atoms with Gasteiger partial charge in [-0.1, -0.05) is 27.7 Å². The summed E-state index contributed by atoms with van der Waals surface area (Å²) in [6, 6.07) is 0. The summed E-state index contributed by atoms with van der Waals surface area (Å²) in [5.74, 6) is 0.690. The van der Waals surface area contributed by atoms with Gasteiger partial charge >= 0.3 is 5.97 Å². The molecule has 0 bridgehead atoms. The molecule has 0 aliphatic heterocycles. The molecule has 18 heavy (non-hydrogen) atoms. The molecule has 1 heterocycles. The van der Waals surface area contributed by atoms with E-state index in [-0.39, 0.29) is 11.1 Å². The first-order chi connectivity index (χ1) is 8.34. The van der Waals surface area contributed by atoms with Gasteiger partial charge in [0.05, 0.1) is 19.5 Å². The Bertz CT molecular complexity index is 396. The highest BCUT2D eigenvalue weighted by molar-refractivity contribution is 5.86. The molecule has 1 aromatic heterocycles. The van der Waals surface area contributed by atoms with Crippen molar-refractivity contribution in [2.24, 2.45) is 11.3 Å². The van der Waals surface area contributed by atoms with Crippen molar-refractivity contribution in [3.8, 4) is 0 Å². The minimum Gasteiger partial charge on any atom is -0.464 e. The molecule has 0 aliphatic carbocycles. The van der Waals surface area contributed by atoms with Crippen LogP contribution in [0.3, 0.4) is 0 Å². The number of hydrogen-bond donors (Lipinski definition) is 1. The van der Waals surface area contributed by atoms with Crippen molar-refractivity contribution < 1.29 is 9.53 Å². The Morgan fingerprint density at radius 3 is 2.50 bits per heavy atom. The van der Waals surface area contributed by atoms with E-state index in [4.69, 9.17) is 0 Å². The third kappa shape index (κ3) is 3.98. The smallest absolute Gasteiger partial charge is 0.358 e. The van der Waals surface area contributed by atoms with Crippen LogP contribution in [-0.2, 0) is 4.74 Å². The second-order valence-electron chi connectivity index (χ2n) is 5.43. The summed E-state index contributed by atoms with van der Waals surface area (Å²) in [5.41, 5.74) is 0.457. The van der Waals surface area contributed by atoms with Gasteiger partial charge in [0.2, 0.25) is 0 Å². The summed E-state index contributed by atoms with van der Waals surface area (Å²) in [4.78, 5) is 19.3. The summed E-state index contributed by atoms with van der Waals surface area (Å²) >= 11 is 0. The fraction of sp³-hybridized carbons (Fsp3) is 0.615. The summed E-state index contributed by atoms with van der Waals surface area (Å²) in [7, 11) is 1.32. The van der Waals surface area contributed by atoms with Crippen LogP contribution in [-0.4, -0.2) is 29.6 Å². The quantitative estimate of drug-likeness (QED) is 0.832. The van der Waals surface area contributed by atoms with Gasteiger partial charge in [-0.05, 0) is 11.3 Å². The Morgan fingerprint density at radius 2 is 2.06 bits per heavy atom. The molecule has 0 spiro atoms. The van der Waals surface area contributed by atoms with Gasteiger partial charge in [0, 0.05) is 6.54 Å². The van der Waals surface area contributed by atoms with Crippen LogP contribution in [0.25, 0.3) is 0 Å². The zero-order valence-corrected chi connectivity index (χ0v) is 11.7.